The van der Waals surface area contributed by atoms with Crippen molar-refractivity contribution in [1.82, 2.24) is 4.98 Å². The topological polar surface area (TPSA) is 54.7 Å². The third-order valence-electron chi connectivity index (χ3n) is 3.13. The second-order valence-corrected chi connectivity index (χ2v) is 4.44. The molecule has 2 rings (SSSR count). The first-order valence-electron chi connectivity index (χ1n) is 6.54. The normalized spacial score (nSPS) is 10.3. The van der Waals surface area contributed by atoms with Gasteiger partial charge in [-0.3, -0.25) is 4.98 Å². The number of nitrogens with zero attached hydrogens (tertiary/aromatic N) is 2. The summed E-state index contributed by atoms with van der Waals surface area (Å²) < 4.78 is 16.1. The lowest BCUT2D eigenvalue weighted by Gasteiger charge is -2.15. The summed E-state index contributed by atoms with van der Waals surface area (Å²) in [6.07, 6.45) is 1.78. The number of pyridine rings is 1. The molecule has 112 valence electrons. The van der Waals surface area contributed by atoms with Crippen molar-refractivity contribution >= 4 is 0 Å². The van der Waals surface area contributed by atoms with Gasteiger partial charge < -0.3 is 19.5 Å². The Morgan fingerprint density at radius 1 is 1.00 bits per heavy atom. The van der Waals surface area contributed by atoms with E-state index in [-0.39, 0.29) is 0 Å². The van der Waals surface area contributed by atoms with E-state index < -0.39 is 0 Å². The van der Waals surface area contributed by atoms with Gasteiger partial charge >= 0.3 is 0 Å². The minimum Gasteiger partial charge on any atom is -0.661 e. The SMILES string of the molecule is C[N-]Cc1ccnc(-c2cc(OC)c(OC)c(OC)c2)c1. The molecule has 0 aliphatic rings. The molecule has 0 unspecified atom stereocenters. The van der Waals surface area contributed by atoms with E-state index in [1.54, 1.807) is 34.6 Å². The van der Waals surface area contributed by atoms with Crippen LogP contribution in [0.3, 0.4) is 0 Å². The van der Waals surface area contributed by atoms with Crippen LogP contribution in [0.25, 0.3) is 16.6 Å². The Morgan fingerprint density at radius 2 is 1.67 bits per heavy atom. The molecule has 21 heavy (non-hydrogen) atoms. The van der Waals surface area contributed by atoms with Crippen molar-refractivity contribution in [1.29, 1.82) is 0 Å². The summed E-state index contributed by atoms with van der Waals surface area (Å²) in [4.78, 5) is 4.40. The summed E-state index contributed by atoms with van der Waals surface area (Å²) in [5.74, 6) is 1.79. The number of ether oxygens (including phenoxy) is 3. The maximum absolute atomic E-state index is 5.37. The molecule has 2 aromatic rings. The van der Waals surface area contributed by atoms with Crippen LogP contribution < -0.4 is 14.2 Å². The summed E-state index contributed by atoms with van der Waals surface area (Å²) >= 11 is 0. The molecular weight excluding hydrogens is 268 g/mol. The predicted octanol–water partition coefficient (Wildman–Crippen LogP) is 3.28. The fraction of sp³-hybridized carbons (Fsp3) is 0.312. The Bertz CT molecular complexity index is 589. The van der Waals surface area contributed by atoms with Gasteiger partial charge in [0.05, 0.1) is 27.0 Å². The minimum absolute atomic E-state index is 0.573. The van der Waals surface area contributed by atoms with Gasteiger partial charge in [-0.15, -0.1) is 6.54 Å². The molecule has 0 fully saturated rings. The Labute approximate surface area is 124 Å². The smallest absolute Gasteiger partial charge is 0.203 e. The lowest BCUT2D eigenvalue weighted by molar-refractivity contribution is 0.324. The molecule has 0 atom stereocenters. The van der Waals surface area contributed by atoms with Crippen molar-refractivity contribution in [3.63, 3.8) is 0 Å². The van der Waals surface area contributed by atoms with E-state index >= 15 is 0 Å². The zero-order valence-electron chi connectivity index (χ0n) is 12.7. The van der Waals surface area contributed by atoms with Gasteiger partial charge in [0.1, 0.15) is 0 Å². The van der Waals surface area contributed by atoms with Crippen LogP contribution >= 0.6 is 0 Å². The number of hydrogen-bond acceptors (Lipinski definition) is 4. The summed E-state index contributed by atoms with van der Waals surface area (Å²) in [6, 6.07) is 7.73. The van der Waals surface area contributed by atoms with Crippen LogP contribution in [-0.2, 0) is 6.54 Å². The van der Waals surface area contributed by atoms with Crippen LogP contribution in [0.4, 0.5) is 0 Å². The molecule has 0 saturated carbocycles. The van der Waals surface area contributed by atoms with E-state index in [1.165, 1.54) is 0 Å². The fourth-order valence-electron chi connectivity index (χ4n) is 2.14. The average molecular weight is 287 g/mol. The largest absolute Gasteiger partial charge is 0.661 e. The highest BCUT2D eigenvalue weighted by atomic mass is 16.5. The standard InChI is InChI=1S/C16H19N2O3/c1-17-10-11-5-6-18-13(7-11)12-8-14(19-2)16(21-4)15(9-12)20-3/h5-9H,10H2,1-4H3/q-1. The van der Waals surface area contributed by atoms with Gasteiger partial charge in [0.15, 0.2) is 11.5 Å². The zero-order valence-corrected chi connectivity index (χ0v) is 12.7. The third-order valence-corrected chi connectivity index (χ3v) is 3.13. The highest BCUT2D eigenvalue weighted by molar-refractivity contribution is 5.69. The maximum atomic E-state index is 5.37. The molecule has 0 aliphatic heterocycles. The summed E-state index contributed by atoms with van der Waals surface area (Å²) in [7, 11) is 6.57. The first kappa shape index (κ1) is 15.1. The zero-order chi connectivity index (χ0) is 15.2. The van der Waals surface area contributed by atoms with Crippen molar-refractivity contribution in [2.24, 2.45) is 0 Å². The molecular formula is C16H19N2O3-. The number of hydrogen-bond donors (Lipinski definition) is 0. The van der Waals surface area contributed by atoms with Gasteiger partial charge in [-0.05, 0) is 24.3 Å². The van der Waals surface area contributed by atoms with Crippen molar-refractivity contribution in [3.8, 4) is 28.5 Å². The van der Waals surface area contributed by atoms with Gasteiger partial charge in [0, 0.05) is 11.8 Å². The molecule has 0 saturated heterocycles. The second kappa shape index (κ2) is 6.95. The van der Waals surface area contributed by atoms with Crippen LogP contribution in [0.1, 0.15) is 5.56 Å². The summed E-state index contributed by atoms with van der Waals surface area (Å²) in [5, 5.41) is 4.14. The van der Waals surface area contributed by atoms with Gasteiger partial charge in [-0.2, -0.15) is 7.05 Å². The first-order valence-corrected chi connectivity index (χ1v) is 6.54. The first-order chi connectivity index (χ1) is 10.2. The summed E-state index contributed by atoms with van der Waals surface area (Å²) in [5.41, 5.74) is 2.86. The quantitative estimate of drug-likeness (QED) is 0.818. The number of methoxy groups -OCH3 is 3. The molecule has 1 heterocycles. The highest BCUT2D eigenvalue weighted by Gasteiger charge is 2.14. The van der Waals surface area contributed by atoms with Gasteiger partial charge in [-0.1, -0.05) is 5.56 Å². The van der Waals surface area contributed by atoms with E-state index in [9.17, 15) is 0 Å². The Kier molecular flexibility index (Phi) is 5.00. The lowest BCUT2D eigenvalue weighted by atomic mass is 10.1. The fourth-order valence-corrected chi connectivity index (χ4v) is 2.14. The average Bonchev–Trinajstić information content (AvgIpc) is 2.54. The van der Waals surface area contributed by atoms with E-state index in [2.05, 4.69) is 10.3 Å². The molecule has 0 bridgehead atoms. The molecule has 5 heteroatoms. The minimum atomic E-state index is 0.573. The van der Waals surface area contributed by atoms with Crippen LogP contribution in [0.2, 0.25) is 0 Å². The second-order valence-electron chi connectivity index (χ2n) is 4.44. The van der Waals surface area contributed by atoms with Gasteiger partial charge in [-0.25, -0.2) is 0 Å². The Hall–Kier alpha value is -2.27. The highest BCUT2D eigenvalue weighted by Crippen LogP contribution is 2.40. The van der Waals surface area contributed by atoms with Crippen molar-refractivity contribution in [2.45, 2.75) is 6.54 Å². The monoisotopic (exact) mass is 287 g/mol. The van der Waals surface area contributed by atoms with E-state index in [0.29, 0.717) is 23.8 Å². The molecule has 0 aliphatic carbocycles. The molecule has 0 N–H and O–H groups in total. The predicted molar refractivity (Wildman–Crippen MR) is 82.3 cm³/mol. The van der Waals surface area contributed by atoms with Gasteiger partial charge in [0.2, 0.25) is 5.75 Å². The van der Waals surface area contributed by atoms with Gasteiger partial charge in [0.25, 0.3) is 0 Å². The molecule has 1 aromatic heterocycles. The molecule has 0 radical (unpaired) electrons. The van der Waals surface area contributed by atoms with Crippen molar-refractivity contribution < 1.29 is 14.2 Å². The maximum Gasteiger partial charge on any atom is 0.203 e. The molecule has 1 aromatic carbocycles. The van der Waals surface area contributed by atoms with E-state index in [0.717, 1.165) is 16.8 Å². The van der Waals surface area contributed by atoms with Crippen molar-refractivity contribution in [2.75, 3.05) is 28.4 Å². The van der Waals surface area contributed by atoms with E-state index in [1.807, 2.05) is 24.3 Å². The molecule has 0 spiro atoms. The number of rotatable bonds is 6. The molecule has 0 amide bonds. The third kappa shape index (κ3) is 3.25. The summed E-state index contributed by atoms with van der Waals surface area (Å²) in [6.45, 7) is 0.667. The lowest BCUT2D eigenvalue weighted by Crippen LogP contribution is -1.96. The van der Waals surface area contributed by atoms with Crippen LogP contribution in [0.15, 0.2) is 30.5 Å². The number of benzene rings is 1. The van der Waals surface area contributed by atoms with Crippen LogP contribution in [0, 0.1) is 0 Å². The van der Waals surface area contributed by atoms with E-state index in [4.69, 9.17) is 14.2 Å². The van der Waals surface area contributed by atoms with Crippen molar-refractivity contribution in [3.05, 3.63) is 41.3 Å². The van der Waals surface area contributed by atoms with Crippen LogP contribution in [0.5, 0.6) is 17.2 Å². The Balaban J connectivity index is 2.50. The molecule has 5 nitrogen and oxygen atoms in total. The van der Waals surface area contributed by atoms with Crippen LogP contribution in [-0.4, -0.2) is 33.4 Å². The number of aromatic nitrogens is 1. The Morgan fingerprint density at radius 3 is 2.19 bits per heavy atom.